The van der Waals surface area contributed by atoms with Crippen molar-refractivity contribution in [2.45, 2.75) is 19.8 Å². The molecule has 4 heteroatoms. The zero-order valence-electron chi connectivity index (χ0n) is 7.02. The molecule has 0 radical (unpaired) electrons. The number of amides is 1. The molecule has 0 saturated heterocycles. The van der Waals surface area contributed by atoms with Crippen molar-refractivity contribution in [3.05, 3.63) is 0 Å². The fourth-order valence-corrected chi connectivity index (χ4v) is 0.951. The zero-order chi connectivity index (χ0) is 6.41. The summed E-state index contributed by atoms with van der Waals surface area (Å²) in [6.07, 6.45) is 2.20. The molecule has 1 amide bonds. The average molecular weight is 157 g/mol. The Balaban J connectivity index is -0.000000245. The molecular formula is C5H12NNaOS. The molecule has 2 N–H and O–H groups in total. The number of nitrogens with two attached hydrogens (primary N) is 1. The first-order valence-electron chi connectivity index (χ1n) is 2.69. The summed E-state index contributed by atoms with van der Waals surface area (Å²) < 4.78 is 0. The summed E-state index contributed by atoms with van der Waals surface area (Å²) in [5, 5.41) is -0.265. The van der Waals surface area contributed by atoms with E-state index in [0.29, 0.717) is 0 Å². The smallest absolute Gasteiger partial charge is 1.00 e. The summed E-state index contributed by atoms with van der Waals surface area (Å²) in [7, 11) is 0. The van der Waals surface area contributed by atoms with Gasteiger partial charge in [-0.25, -0.2) is 0 Å². The fraction of sp³-hybridized carbons (Fsp3) is 0.800. The molecule has 0 spiro atoms. The minimum Gasteiger partial charge on any atom is -1.00 e. The summed E-state index contributed by atoms with van der Waals surface area (Å²) >= 11 is 1.19. The first-order chi connectivity index (χ1) is 3.77. The van der Waals surface area contributed by atoms with E-state index >= 15 is 0 Å². The Labute approximate surface area is 83.7 Å². The van der Waals surface area contributed by atoms with Crippen molar-refractivity contribution >= 4 is 17.0 Å². The molecule has 0 aromatic heterocycles. The van der Waals surface area contributed by atoms with Gasteiger partial charge in [0, 0.05) is 5.75 Å². The molecule has 0 aliphatic heterocycles. The topological polar surface area (TPSA) is 43.1 Å². The Morgan fingerprint density at radius 2 is 2.33 bits per heavy atom. The van der Waals surface area contributed by atoms with E-state index in [0.717, 1.165) is 18.6 Å². The summed E-state index contributed by atoms with van der Waals surface area (Å²) in [5.74, 6) is 0.867. The number of unbranched alkanes of at least 4 members (excludes halogenated alkanes) is 1. The second-order valence-electron chi connectivity index (χ2n) is 1.52. The summed E-state index contributed by atoms with van der Waals surface area (Å²) in [6, 6.07) is 0. The molecule has 9 heavy (non-hydrogen) atoms. The Hall–Kier alpha value is 0.820. The van der Waals surface area contributed by atoms with E-state index in [1.165, 1.54) is 11.8 Å². The molecule has 0 aliphatic carbocycles. The largest absolute Gasteiger partial charge is 1.00 e. The normalized spacial score (nSPS) is 8.11. The third kappa shape index (κ3) is 12.1. The Morgan fingerprint density at radius 3 is 2.67 bits per heavy atom. The van der Waals surface area contributed by atoms with Gasteiger partial charge in [0.25, 0.3) is 5.24 Å². The van der Waals surface area contributed by atoms with Crippen molar-refractivity contribution in [2.24, 2.45) is 5.73 Å². The molecule has 0 rings (SSSR count). The van der Waals surface area contributed by atoms with Gasteiger partial charge in [0.05, 0.1) is 0 Å². The maximum atomic E-state index is 10.1. The minimum absolute atomic E-state index is 0. The van der Waals surface area contributed by atoms with Crippen LogP contribution in [0.25, 0.3) is 0 Å². The Bertz CT molecular complexity index is 84.0. The van der Waals surface area contributed by atoms with Crippen molar-refractivity contribution < 1.29 is 35.8 Å². The second kappa shape index (κ2) is 8.82. The molecule has 0 fully saturated rings. The van der Waals surface area contributed by atoms with Crippen LogP contribution in [0, 0.1) is 0 Å². The second-order valence-corrected chi connectivity index (χ2v) is 2.62. The van der Waals surface area contributed by atoms with Crippen molar-refractivity contribution in [3.8, 4) is 0 Å². The number of rotatable bonds is 3. The van der Waals surface area contributed by atoms with Crippen molar-refractivity contribution in [1.29, 1.82) is 0 Å². The van der Waals surface area contributed by atoms with Crippen LogP contribution >= 0.6 is 11.8 Å². The SMILES string of the molecule is CCCCSC(N)=O.[H-].[Na+]. The molecule has 2 nitrogen and oxygen atoms in total. The summed E-state index contributed by atoms with van der Waals surface area (Å²) in [4.78, 5) is 10.1. The van der Waals surface area contributed by atoms with Gasteiger partial charge in [-0.15, -0.1) is 0 Å². The van der Waals surface area contributed by atoms with Crippen molar-refractivity contribution in [2.75, 3.05) is 5.75 Å². The van der Waals surface area contributed by atoms with Gasteiger partial charge in [-0.05, 0) is 6.42 Å². The number of carbonyl (C=O) groups excluding carboxylic acids is 1. The molecule has 0 unspecified atom stereocenters. The number of carbonyl (C=O) groups is 1. The molecule has 50 valence electrons. The van der Waals surface area contributed by atoms with Crippen LogP contribution in [-0.2, 0) is 0 Å². The van der Waals surface area contributed by atoms with Gasteiger partial charge < -0.3 is 7.16 Å². The third-order valence-corrected chi connectivity index (χ3v) is 1.52. The van der Waals surface area contributed by atoms with Crippen LogP contribution in [0.4, 0.5) is 4.79 Å². The van der Waals surface area contributed by atoms with Gasteiger partial charge in [-0.3, -0.25) is 4.79 Å². The van der Waals surface area contributed by atoms with Gasteiger partial charge >= 0.3 is 29.6 Å². The summed E-state index contributed by atoms with van der Waals surface area (Å²) in [5.41, 5.74) is 4.86. The average Bonchev–Trinajstić information content (AvgIpc) is 1.66. The van der Waals surface area contributed by atoms with E-state index in [2.05, 4.69) is 6.92 Å². The standard InChI is InChI=1S/C5H11NOS.Na.H/c1-2-3-4-8-5(6)7;;/h2-4H2,1H3,(H2,6,7);;/q;+1;-1. The first kappa shape index (κ1) is 12.5. The van der Waals surface area contributed by atoms with E-state index in [1.807, 2.05) is 0 Å². The fourth-order valence-electron chi connectivity index (χ4n) is 0.317. The molecule has 0 bridgehead atoms. The molecule has 0 saturated carbocycles. The number of hydrogen-bond donors (Lipinski definition) is 1. The first-order valence-corrected chi connectivity index (χ1v) is 3.68. The molecule has 0 aromatic carbocycles. The van der Waals surface area contributed by atoms with Crippen LogP contribution in [-0.4, -0.2) is 11.0 Å². The molecular weight excluding hydrogens is 145 g/mol. The van der Waals surface area contributed by atoms with E-state index < -0.39 is 0 Å². The van der Waals surface area contributed by atoms with E-state index in [1.54, 1.807) is 0 Å². The van der Waals surface area contributed by atoms with Crippen LogP contribution in [0.5, 0.6) is 0 Å². The van der Waals surface area contributed by atoms with Crippen molar-refractivity contribution in [1.82, 2.24) is 0 Å². The van der Waals surface area contributed by atoms with E-state index in [4.69, 9.17) is 5.73 Å². The van der Waals surface area contributed by atoms with Crippen molar-refractivity contribution in [3.63, 3.8) is 0 Å². The third-order valence-electron chi connectivity index (χ3n) is 0.742. The van der Waals surface area contributed by atoms with Crippen LogP contribution in [0.15, 0.2) is 0 Å². The zero-order valence-corrected chi connectivity index (χ0v) is 8.83. The Morgan fingerprint density at radius 1 is 1.78 bits per heavy atom. The number of primary amides is 1. The molecule has 0 aliphatic rings. The van der Waals surface area contributed by atoms with Gasteiger partial charge in [-0.1, -0.05) is 25.1 Å². The van der Waals surface area contributed by atoms with Crippen LogP contribution in [0.2, 0.25) is 0 Å². The number of hydrogen-bond acceptors (Lipinski definition) is 2. The van der Waals surface area contributed by atoms with Gasteiger partial charge in [-0.2, -0.15) is 0 Å². The van der Waals surface area contributed by atoms with E-state index in [9.17, 15) is 4.79 Å². The predicted octanol–water partition coefficient (Wildman–Crippen LogP) is -1.29. The van der Waals surface area contributed by atoms with Crippen LogP contribution in [0.1, 0.15) is 21.2 Å². The maximum Gasteiger partial charge on any atom is 1.00 e. The molecule has 0 aromatic rings. The predicted molar refractivity (Wildman–Crippen MR) is 38.1 cm³/mol. The van der Waals surface area contributed by atoms with Gasteiger partial charge in [0.1, 0.15) is 0 Å². The number of thioether (sulfide) groups is 1. The Kier molecular flexibility index (Phi) is 12.2. The maximum absolute atomic E-state index is 10.1. The quantitative estimate of drug-likeness (QED) is 0.409. The molecule has 0 atom stereocenters. The summed E-state index contributed by atoms with van der Waals surface area (Å²) in [6.45, 7) is 2.08. The van der Waals surface area contributed by atoms with Crippen LogP contribution < -0.4 is 35.3 Å². The van der Waals surface area contributed by atoms with Crippen LogP contribution in [0.3, 0.4) is 0 Å². The van der Waals surface area contributed by atoms with E-state index in [-0.39, 0.29) is 36.2 Å². The van der Waals surface area contributed by atoms with Gasteiger partial charge in [0.2, 0.25) is 0 Å². The minimum atomic E-state index is -0.265. The van der Waals surface area contributed by atoms with Gasteiger partial charge in [0.15, 0.2) is 0 Å². The monoisotopic (exact) mass is 157 g/mol. The molecule has 0 heterocycles.